The molecule has 2 heteroatoms. The summed E-state index contributed by atoms with van der Waals surface area (Å²) in [6.45, 7) is 4.04. The number of aryl methyl sites for hydroxylation is 2. The van der Waals surface area contributed by atoms with Gasteiger partial charge in [0, 0.05) is 17.3 Å². The lowest BCUT2D eigenvalue weighted by molar-refractivity contribution is 0.0982. The molecule has 1 aromatic carbocycles. The lowest BCUT2D eigenvalue weighted by atomic mass is 10.0. The van der Waals surface area contributed by atoms with E-state index in [1.165, 1.54) is 0 Å². The second kappa shape index (κ2) is 5.30. The molecular weight excluding hydrogens is 240 g/mol. The predicted molar refractivity (Wildman–Crippen MR) is 63.3 cm³/mol. The summed E-state index contributed by atoms with van der Waals surface area (Å²) >= 11 is 3.33. The first-order chi connectivity index (χ1) is 6.63. The highest BCUT2D eigenvalue weighted by Gasteiger charge is 2.05. The van der Waals surface area contributed by atoms with Gasteiger partial charge in [-0.05, 0) is 32.4 Å². The molecule has 0 bridgehead atoms. The molecule has 1 aromatic rings. The van der Waals surface area contributed by atoms with Gasteiger partial charge in [0.25, 0.3) is 0 Å². The quantitative estimate of drug-likeness (QED) is 0.592. The van der Waals surface area contributed by atoms with Crippen LogP contribution in [-0.4, -0.2) is 11.1 Å². The molecule has 76 valence electrons. The summed E-state index contributed by atoms with van der Waals surface area (Å²) < 4.78 is 0. The molecule has 0 atom stereocenters. The Morgan fingerprint density at radius 1 is 1.21 bits per heavy atom. The Balaban J connectivity index is 2.79. The van der Waals surface area contributed by atoms with Gasteiger partial charge in [-0.15, -0.1) is 0 Å². The third-order valence-corrected chi connectivity index (χ3v) is 2.64. The molecule has 0 N–H and O–H groups in total. The average Bonchev–Trinajstić information content (AvgIpc) is 2.12. The SMILES string of the molecule is Cc1cc(C)cc(C(=O)CCCBr)c1. The van der Waals surface area contributed by atoms with Crippen molar-refractivity contribution in [3.63, 3.8) is 0 Å². The van der Waals surface area contributed by atoms with E-state index in [1.807, 2.05) is 26.0 Å². The molecule has 0 aliphatic carbocycles. The molecule has 1 nitrogen and oxygen atoms in total. The molecule has 0 amide bonds. The molecule has 0 radical (unpaired) electrons. The maximum Gasteiger partial charge on any atom is 0.162 e. The van der Waals surface area contributed by atoms with E-state index >= 15 is 0 Å². The zero-order valence-electron chi connectivity index (χ0n) is 8.64. The smallest absolute Gasteiger partial charge is 0.162 e. The number of benzene rings is 1. The summed E-state index contributed by atoms with van der Waals surface area (Å²) in [4.78, 5) is 11.7. The second-order valence-corrected chi connectivity index (χ2v) is 4.39. The van der Waals surface area contributed by atoms with Crippen molar-refractivity contribution in [3.8, 4) is 0 Å². The number of hydrogen-bond acceptors (Lipinski definition) is 1. The minimum absolute atomic E-state index is 0.247. The number of halogens is 1. The number of rotatable bonds is 4. The van der Waals surface area contributed by atoms with Gasteiger partial charge in [0.05, 0.1) is 0 Å². The molecule has 14 heavy (non-hydrogen) atoms. The van der Waals surface area contributed by atoms with Crippen LogP contribution in [0, 0.1) is 13.8 Å². The van der Waals surface area contributed by atoms with Crippen LogP contribution in [0.1, 0.15) is 34.3 Å². The van der Waals surface area contributed by atoms with E-state index in [-0.39, 0.29) is 5.78 Å². The van der Waals surface area contributed by atoms with E-state index < -0.39 is 0 Å². The molecule has 0 heterocycles. The monoisotopic (exact) mass is 254 g/mol. The zero-order chi connectivity index (χ0) is 10.6. The molecule has 0 aliphatic heterocycles. The van der Waals surface area contributed by atoms with Crippen LogP contribution in [0.15, 0.2) is 18.2 Å². The second-order valence-electron chi connectivity index (χ2n) is 3.59. The van der Waals surface area contributed by atoms with Crippen molar-refractivity contribution >= 4 is 21.7 Å². The molecule has 0 fully saturated rings. The Kier molecular flexibility index (Phi) is 4.33. The lowest BCUT2D eigenvalue weighted by Crippen LogP contribution is -2.00. The van der Waals surface area contributed by atoms with Crippen LogP contribution in [0.3, 0.4) is 0 Å². The molecule has 0 unspecified atom stereocenters. The van der Waals surface area contributed by atoms with Gasteiger partial charge >= 0.3 is 0 Å². The summed E-state index contributed by atoms with van der Waals surface area (Å²) in [5.41, 5.74) is 3.17. The minimum atomic E-state index is 0.247. The van der Waals surface area contributed by atoms with E-state index in [0.717, 1.165) is 28.4 Å². The molecular formula is C12H15BrO. The van der Waals surface area contributed by atoms with Crippen LogP contribution in [0.5, 0.6) is 0 Å². The minimum Gasteiger partial charge on any atom is -0.294 e. The summed E-state index contributed by atoms with van der Waals surface area (Å²) in [5.74, 6) is 0.247. The fourth-order valence-electron chi connectivity index (χ4n) is 1.51. The maximum absolute atomic E-state index is 11.7. The van der Waals surface area contributed by atoms with Gasteiger partial charge in [0.15, 0.2) is 5.78 Å². The molecule has 0 spiro atoms. The number of hydrogen-bond donors (Lipinski definition) is 0. The summed E-state index contributed by atoms with van der Waals surface area (Å²) in [6.07, 6.45) is 1.54. The maximum atomic E-state index is 11.7. The van der Waals surface area contributed by atoms with Gasteiger partial charge in [0.1, 0.15) is 0 Å². The van der Waals surface area contributed by atoms with Crippen molar-refractivity contribution in [2.24, 2.45) is 0 Å². The Morgan fingerprint density at radius 2 is 1.79 bits per heavy atom. The summed E-state index contributed by atoms with van der Waals surface area (Å²) in [6, 6.07) is 6.01. The number of ketones is 1. The number of Topliss-reactive ketones (excluding diaryl/α,β-unsaturated/α-hetero) is 1. The van der Waals surface area contributed by atoms with Gasteiger partial charge < -0.3 is 0 Å². The standard InChI is InChI=1S/C12H15BrO/c1-9-6-10(2)8-11(7-9)12(14)4-3-5-13/h6-8H,3-5H2,1-2H3. The zero-order valence-corrected chi connectivity index (χ0v) is 10.2. The van der Waals surface area contributed by atoms with E-state index in [9.17, 15) is 4.79 Å². The third kappa shape index (κ3) is 3.26. The van der Waals surface area contributed by atoms with Crippen molar-refractivity contribution < 1.29 is 4.79 Å². The van der Waals surface area contributed by atoms with Crippen LogP contribution in [0.2, 0.25) is 0 Å². The van der Waals surface area contributed by atoms with Crippen LogP contribution in [-0.2, 0) is 0 Å². The highest BCUT2D eigenvalue weighted by Crippen LogP contribution is 2.12. The van der Waals surface area contributed by atoms with Gasteiger partial charge in [-0.3, -0.25) is 4.79 Å². The lowest BCUT2D eigenvalue weighted by Gasteiger charge is -2.03. The highest BCUT2D eigenvalue weighted by molar-refractivity contribution is 9.09. The number of alkyl halides is 1. The Morgan fingerprint density at radius 3 is 2.29 bits per heavy atom. The van der Waals surface area contributed by atoms with Gasteiger partial charge in [-0.25, -0.2) is 0 Å². The van der Waals surface area contributed by atoms with Crippen molar-refractivity contribution in [3.05, 3.63) is 34.9 Å². The van der Waals surface area contributed by atoms with Crippen LogP contribution < -0.4 is 0 Å². The van der Waals surface area contributed by atoms with Crippen LogP contribution >= 0.6 is 15.9 Å². The molecule has 0 saturated carbocycles. The Labute approximate surface area is 93.7 Å². The fourth-order valence-corrected chi connectivity index (χ4v) is 1.79. The predicted octanol–water partition coefficient (Wildman–Crippen LogP) is 3.66. The van der Waals surface area contributed by atoms with E-state index in [0.29, 0.717) is 6.42 Å². The van der Waals surface area contributed by atoms with E-state index in [2.05, 4.69) is 22.0 Å². The Bertz CT molecular complexity index is 311. The van der Waals surface area contributed by atoms with Gasteiger partial charge in [0.2, 0.25) is 0 Å². The molecule has 0 aromatic heterocycles. The first-order valence-corrected chi connectivity index (χ1v) is 5.93. The van der Waals surface area contributed by atoms with E-state index in [4.69, 9.17) is 0 Å². The Hall–Kier alpha value is -0.630. The first-order valence-electron chi connectivity index (χ1n) is 4.81. The average molecular weight is 255 g/mol. The van der Waals surface area contributed by atoms with Crippen molar-refractivity contribution in [1.29, 1.82) is 0 Å². The molecule has 0 saturated heterocycles. The first kappa shape index (κ1) is 11.4. The van der Waals surface area contributed by atoms with Crippen molar-refractivity contribution in [1.82, 2.24) is 0 Å². The van der Waals surface area contributed by atoms with Gasteiger partial charge in [-0.1, -0.05) is 33.1 Å². The largest absolute Gasteiger partial charge is 0.294 e. The van der Waals surface area contributed by atoms with Crippen LogP contribution in [0.4, 0.5) is 0 Å². The third-order valence-electron chi connectivity index (χ3n) is 2.08. The normalized spacial score (nSPS) is 10.2. The topological polar surface area (TPSA) is 17.1 Å². The number of carbonyl (C=O) groups is 1. The number of carbonyl (C=O) groups excluding carboxylic acids is 1. The molecule has 0 aliphatic rings. The summed E-state index contributed by atoms with van der Waals surface area (Å²) in [5, 5.41) is 0.892. The van der Waals surface area contributed by atoms with Crippen molar-refractivity contribution in [2.45, 2.75) is 26.7 Å². The van der Waals surface area contributed by atoms with E-state index in [1.54, 1.807) is 0 Å². The van der Waals surface area contributed by atoms with Crippen molar-refractivity contribution in [2.75, 3.05) is 5.33 Å². The van der Waals surface area contributed by atoms with Gasteiger partial charge in [-0.2, -0.15) is 0 Å². The fraction of sp³-hybridized carbons (Fsp3) is 0.417. The van der Waals surface area contributed by atoms with Crippen LogP contribution in [0.25, 0.3) is 0 Å². The highest BCUT2D eigenvalue weighted by atomic mass is 79.9. The molecule has 1 rings (SSSR count). The summed E-state index contributed by atoms with van der Waals surface area (Å²) in [7, 11) is 0.